The molecule has 0 aliphatic heterocycles. The van der Waals surface area contributed by atoms with Crippen molar-refractivity contribution in [1.82, 2.24) is 10.3 Å². The normalized spacial score (nSPS) is 11.7. The van der Waals surface area contributed by atoms with Crippen molar-refractivity contribution in [3.8, 4) is 0 Å². The van der Waals surface area contributed by atoms with E-state index in [0.29, 0.717) is 43.0 Å². The molecular weight excluding hydrogens is 421 g/mol. The molecule has 1 amide bonds. The molecule has 1 aromatic heterocycles. The largest absolute Gasteiger partial charge is 0.417 e. The van der Waals surface area contributed by atoms with Crippen molar-refractivity contribution in [2.75, 3.05) is 28.9 Å². The van der Waals surface area contributed by atoms with Crippen LogP contribution >= 0.6 is 0 Å². The van der Waals surface area contributed by atoms with E-state index in [4.69, 9.17) is 0 Å². The zero-order valence-corrected chi connectivity index (χ0v) is 17.1. The van der Waals surface area contributed by atoms with Gasteiger partial charge in [0.25, 0.3) is 5.91 Å². The van der Waals surface area contributed by atoms with Crippen molar-refractivity contribution in [3.63, 3.8) is 0 Å². The molecule has 1 heterocycles. The average molecular weight is 444 g/mol. The van der Waals surface area contributed by atoms with Gasteiger partial charge in [0.15, 0.2) is 0 Å². The lowest BCUT2D eigenvalue weighted by Gasteiger charge is -2.10. The minimum atomic E-state index is -4.43. The molecule has 1 aromatic carbocycles. The number of hydrogen-bond acceptors (Lipinski definition) is 5. The molecule has 3 N–H and O–H groups in total. The van der Waals surface area contributed by atoms with E-state index in [-0.39, 0.29) is 11.7 Å². The van der Waals surface area contributed by atoms with E-state index < -0.39 is 21.8 Å². The van der Waals surface area contributed by atoms with Crippen LogP contribution in [0.4, 0.5) is 24.7 Å². The fourth-order valence-electron chi connectivity index (χ4n) is 2.50. The maximum absolute atomic E-state index is 12.5. The quantitative estimate of drug-likeness (QED) is 0.487. The molecule has 0 aliphatic carbocycles. The summed E-state index contributed by atoms with van der Waals surface area (Å²) in [6.45, 7) is 2.47. The van der Waals surface area contributed by atoms with Crippen LogP contribution < -0.4 is 15.4 Å². The lowest BCUT2D eigenvalue weighted by Crippen LogP contribution is -2.26. The molecule has 0 saturated carbocycles. The number of nitrogens with one attached hydrogen (secondary N) is 3. The van der Waals surface area contributed by atoms with Crippen LogP contribution in [0.2, 0.25) is 0 Å². The van der Waals surface area contributed by atoms with E-state index >= 15 is 0 Å². The number of pyridine rings is 1. The Morgan fingerprint density at radius 2 is 1.90 bits per heavy atom. The summed E-state index contributed by atoms with van der Waals surface area (Å²) in [5.41, 5.74) is -0.199. The highest BCUT2D eigenvalue weighted by molar-refractivity contribution is 7.92. The molecule has 0 unspecified atom stereocenters. The van der Waals surface area contributed by atoms with Crippen LogP contribution in [0.1, 0.15) is 35.7 Å². The summed E-state index contributed by atoms with van der Waals surface area (Å²) in [6, 6.07) is 8.34. The number of carbonyl (C=O) groups is 1. The minimum absolute atomic E-state index is 0.00971. The zero-order chi connectivity index (χ0) is 22.2. The molecule has 0 bridgehead atoms. The van der Waals surface area contributed by atoms with E-state index in [1.54, 1.807) is 25.1 Å². The van der Waals surface area contributed by atoms with Crippen molar-refractivity contribution >= 4 is 27.4 Å². The minimum Gasteiger partial charge on any atom is -0.370 e. The predicted octanol–water partition coefficient (Wildman–Crippen LogP) is 3.48. The highest BCUT2D eigenvalue weighted by atomic mass is 32.2. The number of alkyl halides is 3. The molecule has 2 aromatic rings. The van der Waals surface area contributed by atoms with Crippen LogP contribution in [0.5, 0.6) is 0 Å². The molecule has 0 saturated heterocycles. The number of sulfonamides is 1. The summed E-state index contributed by atoms with van der Waals surface area (Å²) in [4.78, 5) is 15.9. The monoisotopic (exact) mass is 444 g/mol. The fraction of sp³-hybridized carbons (Fsp3) is 0.368. The molecule has 0 spiro atoms. The molecule has 30 heavy (non-hydrogen) atoms. The summed E-state index contributed by atoms with van der Waals surface area (Å²) >= 11 is 0. The van der Waals surface area contributed by atoms with Gasteiger partial charge in [-0.15, -0.1) is 0 Å². The first-order valence-corrected chi connectivity index (χ1v) is 10.9. The lowest BCUT2D eigenvalue weighted by molar-refractivity contribution is -0.137. The number of benzene rings is 1. The highest BCUT2D eigenvalue weighted by Gasteiger charge is 2.30. The average Bonchev–Trinajstić information content (AvgIpc) is 2.67. The summed E-state index contributed by atoms with van der Waals surface area (Å²) in [5.74, 6) is -0.0647. The van der Waals surface area contributed by atoms with E-state index in [1.165, 1.54) is 12.1 Å². The number of aromatic nitrogens is 1. The lowest BCUT2D eigenvalue weighted by atomic mass is 10.2. The van der Waals surface area contributed by atoms with Gasteiger partial charge in [-0.2, -0.15) is 13.2 Å². The number of anilines is 2. The maximum Gasteiger partial charge on any atom is 0.417 e. The van der Waals surface area contributed by atoms with Gasteiger partial charge in [-0.05, 0) is 43.2 Å². The van der Waals surface area contributed by atoms with Crippen LogP contribution in [0.15, 0.2) is 42.6 Å². The van der Waals surface area contributed by atoms with Gasteiger partial charge in [-0.25, -0.2) is 13.4 Å². The Labute approximate surface area is 173 Å². The van der Waals surface area contributed by atoms with Gasteiger partial charge >= 0.3 is 6.18 Å². The second-order valence-corrected chi connectivity index (χ2v) is 8.31. The van der Waals surface area contributed by atoms with Crippen molar-refractivity contribution < 1.29 is 26.4 Å². The number of hydrogen-bond donors (Lipinski definition) is 3. The van der Waals surface area contributed by atoms with Crippen LogP contribution in [0.3, 0.4) is 0 Å². The van der Waals surface area contributed by atoms with Gasteiger partial charge in [-0.1, -0.05) is 13.0 Å². The Balaban J connectivity index is 1.78. The van der Waals surface area contributed by atoms with E-state index in [9.17, 15) is 26.4 Å². The van der Waals surface area contributed by atoms with E-state index in [1.807, 2.05) is 0 Å². The van der Waals surface area contributed by atoms with Crippen molar-refractivity contribution in [2.45, 2.75) is 25.9 Å². The molecule has 0 aliphatic rings. The van der Waals surface area contributed by atoms with E-state index in [2.05, 4.69) is 20.3 Å². The molecule has 0 radical (unpaired) electrons. The second-order valence-electron chi connectivity index (χ2n) is 6.47. The first-order valence-electron chi connectivity index (χ1n) is 9.26. The van der Waals surface area contributed by atoms with Gasteiger partial charge < -0.3 is 10.6 Å². The summed E-state index contributed by atoms with van der Waals surface area (Å²) in [7, 11) is -3.45. The first kappa shape index (κ1) is 23.5. The van der Waals surface area contributed by atoms with Crippen LogP contribution in [0, 0.1) is 0 Å². The first-order chi connectivity index (χ1) is 14.1. The van der Waals surface area contributed by atoms with Crippen molar-refractivity contribution in [2.24, 2.45) is 0 Å². The summed E-state index contributed by atoms with van der Waals surface area (Å²) in [6.07, 6.45) is -2.68. The summed E-state index contributed by atoms with van der Waals surface area (Å²) in [5, 5.41) is 5.58. The molecule has 0 atom stereocenters. The molecule has 7 nitrogen and oxygen atoms in total. The van der Waals surface area contributed by atoms with Gasteiger partial charge in [0, 0.05) is 30.5 Å². The number of carbonyl (C=O) groups excluding carboxylic acids is 1. The number of amides is 1. The Hall–Kier alpha value is -2.82. The number of rotatable bonds is 10. The smallest absolute Gasteiger partial charge is 0.370 e. The van der Waals surface area contributed by atoms with Gasteiger partial charge in [0.1, 0.15) is 5.82 Å². The van der Waals surface area contributed by atoms with Crippen molar-refractivity contribution in [3.05, 3.63) is 53.7 Å². The Bertz CT molecular complexity index is 948. The van der Waals surface area contributed by atoms with Crippen molar-refractivity contribution in [1.29, 1.82) is 0 Å². The Kier molecular flexibility index (Phi) is 8.04. The van der Waals surface area contributed by atoms with Crippen LogP contribution in [0.25, 0.3) is 0 Å². The molecule has 164 valence electrons. The molecule has 0 fully saturated rings. The standard InChI is InChI=1S/C19H23F3N4O3S/c1-2-11-30(28,29)26-16-6-3-5-14(12-16)18(27)24-10-4-9-23-17-8-7-15(13-25-17)19(20,21)22/h3,5-8,12-13,26H,2,4,9-11H2,1H3,(H,23,25)(H,24,27). The van der Waals surface area contributed by atoms with Crippen LogP contribution in [-0.4, -0.2) is 38.2 Å². The molecule has 11 heteroatoms. The third-order valence-electron chi connectivity index (χ3n) is 3.91. The highest BCUT2D eigenvalue weighted by Crippen LogP contribution is 2.28. The third-order valence-corrected chi connectivity index (χ3v) is 5.40. The third kappa shape index (κ3) is 7.54. The van der Waals surface area contributed by atoms with Gasteiger partial charge in [0.05, 0.1) is 11.3 Å². The fourth-order valence-corrected chi connectivity index (χ4v) is 3.62. The van der Waals surface area contributed by atoms with Gasteiger partial charge in [-0.3, -0.25) is 9.52 Å². The number of halogens is 3. The van der Waals surface area contributed by atoms with Crippen LogP contribution in [-0.2, 0) is 16.2 Å². The predicted molar refractivity (Wildman–Crippen MR) is 109 cm³/mol. The number of nitrogens with zero attached hydrogens (tertiary/aromatic N) is 1. The maximum atomic E-state index is 12.5. The van der Waals surface area contributed by atoms with Gasteiger partial charge in [0.2, 0.25) is 10.0 Å². The molecular formula is C19H23F3N4O3S. The second kappa shape index (κ2) is 10.3. The Morgan fingerprint density at radius 1 is 1.13 bits per heavy atom. The Morgan fingerprint density at radius 3 is 2.53 bits per heavy atom. The summed E-state index contributed by atoms with van der Waals surface area (Å²) < 4.78 is 63.6. The SMILES string of the molecule is CCCS(=O)(=O)Nc1cccc(C(=O)NCCCNc2ccc(C(F)(F)F)cn2)c1. The molecule has 2 rings (SSSR count). The zero-order valence-electron chi connectivity index (χ0n) is 16.3. The topological polar surface area (TPSA) is 100 Å². The van der Waals surface area contributed by atoms with E-state index in [0.717, 1.165) is 12.3 Å².